The van der Waals surface area contributed by atoms with E-state index in [1.807, 2.05) is 0 Å². The number of thiocarbonyl (C=S) groups is 1. The summed E-state index contributed by atoms with van der Waals surface area (Å²) >= 11 is 16.8. The average molecular weight is 341 g/mol. The van der Waals surface area contributed by atoms with Gasteiger partial charge in [0.05, 0.1) is 10.6 Å². The van der Waals surface area contributed by atoms with Gasteiger partial charge in [0.1, 0.15) is 5.75 Å². The van der Waals surface area contributed by atoms with Gasteiger partial charge in [0.2, 0.25) is 0 Å². The summed E-state index contributed by atoms with van der Waals surface area (Å²) in [6.07, 6.45) is 0. The lowest BCUT2D eigenvalue weighted by Crippen LogP contribution is -2.34. The zero-order valence-corrected chi connectivity index (χ0v) is 12.9. The molecule has 0 radical (unpaired) electrons. The molecule has 0 bridgehead atoms. The molecule has 0 atom stereocenters. The summed E-state index contributed by atoms with van der Waals surface area (Å²) in [5, 5.41) is 15.3. The highest BCUT2D eigenvalue weighted by Gasteiger charge is 2.12. The first kappa shape index (κ1) is 15.6. The van der Waals surface area contributed by atoms with Crippen molar-refractivity contribution in [3.05, 3.63) is 58.1 Å². The van der Waals surface area contributed by atoms with E-state index < -0.39 is 5.91 Å². The Morgan fingerprint density at radius 2 is 1.76 bits per heavy atom. The maximum Gasteiger partial charge on any atom is 0.258 e. The van der Waals surface area contributed by atoms with Gasteiger partial charge < -0.3 is 10.4 Å². The van der Waals surface area contributed by atoms with Gasteiger partial charge in [0, 0.05) is 10.7 Å². The van der Waals surface area contributed by atoms with E-state index in [1.165, 1.54) is 24.3 Å². The van der Waals surface area contributed by atoms with Crippen molar-refractivity contribution in [2.24, 2.45) is 0 Å². The molecule has 0 spiro atoms. The van der Waals surface area contributed by atoms with Crippen LogP contribution in [0.2, 0.25) is 10.0 Å². The second-order valence-corrected chi connectivity index (χ2v) is 5.33. The minimum atomic E-state index is -0.437. The third-order valence-electron chi connectivity index (χ3n) is 2.53. The van der Waals surface area contributed by atoms with Gasteiger partial charge >= 0.3 is 0 Å². The molecule has 3 N–H and O–H groups in total. The van der Waals surface area contributed by atoms with E-state index in [0.29, 0.717) is 10.7 Å². The number of amides is 1. The van der Waals surface area contributed by atoms with Crippen molar-refractivity contribution in [1.82, 2.24) is 5.32 Å². The molecule has 2 aromatic rings. The number of phenols is 1. The van der Waals surface area contributed by atoms with Crippen molar-refractivity contribution in [3.63, 3.8) is 0 Å². The van der Waals surface area contributed by atoms with Crippen molar-refractivity contribution in [3.8, 4) is 5.75 Å². The summed E-state index contributed by atoms with van der Waals surface area (Å²) in [5.41, 5.74) is 0.913. The lowest BCUT2D eigenvalue weighted by molar-refractivity contribution is 0.0978. The molecule has 0 heterocycles. The molecule has 0 aliphatic heterocycles. The minimum absolute atomic E-state index is 0.122. The minimum Gasteiger partial charge on any atom is -0.508 e. The summed E-state index contributed by atoms with van der Waals surface area (Å²) in [4.78, 5) is 12.0. The third kappa shape index (κ3) is 4.32. The molecule has 21 heavy (non-hydrogen) atoms. The number of phenolic OH excluding ortho intramolecular Hbond substituents is 1. The number of hydrogen-bond acceptors (Lipinski definition) is 3. The molecule has 1 amide bonds. The van der Waals surface area contributed by atoms with Crippen molar-refractivity contribution in [1.29, 1.82) is 0 Å². The molecule has 0 saturated heterocycles. The lowest BCUT2D eigenvalue weighted by Gasteiger charge is -2.10. The van der Waals surface area contributed by atoms with Crippen molar-refractivity contribution >= 4 is 52.1 Å². The first-order valence-electron chi connectivity index (χ1n) is 5.82. The first-order chi connectivity index (χ1) is 9.95. The molecule has 108 valence electrons. The Morgan fingerprint density at radius 3 is 2.38 bits per heavy atom. The summed E-state index contributed by atoms with van der Waals surface area (Å²) in [6, 6.07) is 10.8. The fourth-order valence-corrected chi connectivity index (χ4v) is 2.26. The van der Waals surface area contributed by atoms with Crippen LogP contribution in [0, 0.1) is 0 Å². The van der Waals surface area contributed by atoms with Crippen molar-refractivity contribution in [2.75, 3.05) is 5.32 Å². The van der Waals surface area contributed by atoms with E-state index in [2.05, 4.69) is 10.6 Å². The van der Waals surface area contributed by atoms with Crippen LogP contribution in [-0.4, -0.2) is 16.1 Å². The number of anilines is 1. The molecule has 0 aliphatic rings. The fraction of sp³-hybridized carbons (Fsp3) is 0. The van der Waals surface area contributed by atoms with Gasteiger partial charge in [-0.2, -0.15) is 0 Å². The van der Waals surface area contributed by atoms with Crippen LogP contribution >= 0.6 is 35.4 Å². The summed E-state index contributed by atoms with van der Waals surface area (Å²) in [6.45, 7) is 0. The molecule has 7 heteroatoms. The maximum atomic E-state index is 12.0. The van der Waals surface area contributed by atoms with E-state index in [1.54, 1.807) is 18.2 Å². The molecule has 0 aliphatic carbocycles. The molecular formula is C14H10Cl2N2O2S. The molecule has 0 saturated carbocycles. The number of aromatic hydroxyl groups is 1. The van der Waals surface area contributed by atoms with Crippen LogP contribution in [0.3, 0.4) is 0 Å². The molecule has 4 nitrogen and oxygen atoms in total. The highest BCUT2D eigenvalue weighted by molar-refractivity contribution is 7.80. The van der Waals surface area contributed by atoms with E-state index in [9.17, 15) is 9.90 Å². The molecular weight excluding hydrogens is 331 g/mol. The summed E-state index contributed by atoms with van der Waals surface area (Å²) in [5.74, 6) is -0.295. The van der Waals surface area contributed by atoms with Crippen molar-refractivity contribution in [2.45, 2.75) is 0 Å². The molecule has 2 rings (SSSR count). The Bertz CT molecular complexity index is 690. The van der Waals surface area contributed by atoms with Gasteiger partial charge in [0.25, 0.3) is 5.91 Å². The van der Waals surface area contributed by atoms with Crippen LogP contribution in [0.25, 0.3) is 0 Å². The Balaban J connectivity index is 2.02. The zero-order valence-electron chi connectivity index (χ0n) is 10.6. The SMILES string of the molecule is O=C(NC(=S)Nc1ccc(O)cc1)c1ccc(Cl)cc1Cl. The van der Waals surface area contributed by atoms with Gasteiger partial charge in [-0.15, -0.1) is 0 Å². The van der Waals surface area contributed by atoms with Crippen LogP contribution < -0.4 is 10.6 Å². The maximum absolute atomic E-state index is 12.0. The lowest BCUT2D eigenvalue weighted by atomic mass is 10.2. The number of carbonyl (C=O) groups excluding carboxylic acids is 1. The number of hydrogen-bond donors (Lipinski definition) is 3. The van der Waals surface area contributed by atoms with Crippen LogP contribution in [0.5, 0.6) is 5.75 Å². The van der Waals surface area contributed by atoms with Crippen LogP contribution in [0.4, 0.5) is 5.69 Å². The van der Waals surface area contributed by atoms with Gasteiger partial charge in [-0.3, -0.25) is 10.1 Å². The Morgan fingerprint density at radius 1 is 1.10 bits per heavy atom. The molecule has 0 aromatic heterocycles. The van der Waals surface area contributed by atoms with Crippen LogP contribution in [0.1, 0.15) is 10.4 Å². The standard InChI is InChI=1S/C14H10Cl2N2O2S/c15-8-1-6-11(12(16)7-8)13(20)18-14(21)17-9-2-4-10(19)5-3-9/h1-7,19H,(H2,17,18,20,21). The first-order valence-corrected chi connectivity index (χ1v) is 6.98. The van der Waals surface area contributed by atoms with Crippen LogP contribution in [0.15, 0.2) is 42.5 Å². The molecule has 0 fully saturated rings. The second-order valence-electron chi connectivity index (χ2n) is 4.08. The number of benzene rings is 2. The van der Waals surface area contributed by atoms with E-state index in [4.69, 9.17) is 35.4 Å². The fourth-order valence-electron chi connectivity index (χ4n) is 1.55. The highest BCUT2D eigenvalue weighted by Crippen LogP contribution is 2.21. The molecule has 0 unspecified atom stereocenters. The Hall–Kier alpha value is -1.82. The van der Waals surface area contributed by atoms with E-state index in [0.717, 1.165) is 0 Å². The number of halogens is 2. The second kappa shape index (κ2) is 6.76. The van der Waals surface area contributed by atoms with Gasteiger partial charge in [-0.05, 0) is 54.7 Å². The summed E-state index contributed by atoms with van der Waals surface area (Å²) in [7, 11) is 0. The van der Waals surface area contributed by atoms with Gasteiger partial charge in [-0.25, -0.2) is 0 Å². The zero-order chi connectivity index (χ0) is 15.4. The van der Waals surface area contributed by atoms with Crippen molar-refractivity contribution < 1.29 is 9.90 Å². The predicted molar refractivity (Wildman–Crippen MR) is 88.3 cm³/mol. The summed E-state index contributed by atoms with van der Waals surface area (Å²) < 4.78 is 0. The van der Waals surface area contributed by atoms with E-state index in [-0.39, 0.29) is 21.4 Å². The highest BCUT2D eigenvalue weighted by atomic mass is 35.5. The molecule has 2 aromatic carbocycles. The largest absolute Gasteiger partial charge is 0.508 e. The topological polar surface area (TPSA) is 61.4 Å². The smallest absolute Gasteiger partial charge is 0.258 e. The Kier molecular flexibility index (Phi) is 5.01. The van der Waals surface area contributed by atoms with Gasteiger partial charge in [-0.1, -0.05) is 23.2 Å². The average Bonchev–Trinajstić information content (AvgIpc) is 2.41. The normalized spacial score (nSPS) is 10.0. The monoisotopic (exact) mass is 340 g/mol. The number of nitrogens with one attached hydrogen (secondary N) is 2. The predicted octanol–water partition coefficient (Wildman–Crippen LogP) is 3.83. The van der Waals surface area contributed by atoms with Crippen LogP contribution in [-0.2, 0) is 0 Å². The quantitative estimate of drug-likeness (QED) is 0.574. The van der Waals surface area contributed by atoms with Gasteiger partial charge in [0.15, 0.2) is 5.11 Å². The number of carbonyl (C=O) groups is 1. The number of rotatable bonds is 2. The Labute approximate surface area is 136 Å². The third-order valence-corrected chi connectivity index (χ3v) is 3.28. The van der Waals surface area contributed by atoms with E-state index >= 15 is 0 Å².